The molecule has 0 radical (unpaired) electrons. The van der Waals surface area contributed by atoms with E-state index in [4.69, 9.17) is 56.8 Å². The molecule has 0 spiro atoms. The molecule has 0 aliphatic carbocycles. The lowest BCUT2D eigenvalue weighted by molar-refractivity contribution is -1.09. The van der Waals surface area contributed by atoms with Crippen molar-refractivity contribution in [3.63, 3.8) is 0 Å². The molecule has 9 fully saturated rings. The van der Waals surface area contributed by atoms with Gasteiger partial charge in [-0.2, -0.15) is 4.65 Å². The lowest BCUT2D eigenvalue weighted by Gasteiger charge is -2.35. The fourth-order valence-corrected chi connectivity index (χ4v) is 13.8. The molecule has 9 aliphatic heterocycles. The molecule has 9 saturated heterocycles. The monoisotopic (exact) mass is 1680 g/mol. The van der Waals surface area contributed by atoms with E-state index in [1.807, 2.05) is 104 Å². The van der Waals surface area contributed by atoms with Crippen molar-refractivity contribution in [3.05, 3.63) is 0 Å². The molecule has 0 aromatic heterocycles. The topological polar surface area (TPSA) is 269 Å². The summed E-state index contributed by atoms with van der Waals surface area (Å²) >= 11 is 0. The first-order valence-electron chi connectivity index (χ1n) is 44.1. The molecule has 0 aromatic rings. The van der Waals surface area contributed by atoms with E-state index in [9.17, 15) is 28.6 Å². The van der Waals surface area contributed by atoms with Crippen LogP contribution in [0, 0.1) is 11.8 Å². The van der Waals surface area contributed by atoms with E-state index >= 15 is 0 Å². The molecular weight excluding hydrogens is 1490 g/mol. The zero-order chi connectivity index (χ0) is 85.8. The van der Waals surface area contributed by atoms with Crippen LogP contribution in [0.1, 0.15) is 198 Å². The third-order valence-electron chi connectivity index (χ3n) is 20.0. The Balaban J connectivity index is 0.00000128. The van der Waals surface area contributed by atoms with E-state index in [1.165, 1.54) is 65.0 Å². The van der Waals surface area contributed by atoms with E-state index in [-0.39, 0.29) is 79.1 Å². The van der Waals surface area contributed by atoms with E-state index in [0.29, 0.717) is 108 Å². The van der Waals surface area contributed by atoms with Gasteiger partial charge in [0.15, 0.2) is 9.84 Å². The van der Waals surface area contributed by atoms with Gasteiger partial charge in [-0.05, 0) is 249 Å². The Kier molecular flexibility index (Phi) is 64.0. The number of carbonyl (C=O) groups is 1. The first-order chi connectivity index (χ1) is 53.5. The number of ether oxygens (including phenoxy) is 12. The minimum absolute atomic E-state index is 0. The van der Waals surface area contributed by atoms with Crippen molar-refractivity contribution >= 4 is 15.9 Å². The van der Waals surface area contributed by atoms with Crippen molar-refractivity contribution in [2.75, 3.05) is 249 Å². The highest BCUT2D eigenvalue weighted by atomic mass is 32.2. The molecule has 7 atom stereocenters. The van der Waals surface area contributed by atoms with Gasteiger partial charge in [-0.15, -0.1) is 0 Å². The van der Waals surface area contributed by atoms with Crippen LogP contribution >= 0.6 is 0 Å². The van der Waals surface area contributed by atoms with Gasteiger partial charge in [-0.25, -0.2) is 18.4 Å². The molecule has 28 nitrogen and oxygen atoms in total. The van der Waals surface area contributed by atoms with Crippen molar-refractivity contribution in [1.82, 2.24) is 44.9 Å². The lowest BCUT2D eigenvalue weighted by atomic mass is 9.98. The summed E-state index contributed by atoms with van der Waals surface area (Å²) in [6.45, 7) is 74.2. The molecule has 0 saturated carbocycles. The summed E-state index contributed by atoms with van der Waals surface area (Å²) in [6.07, 6.45) is 9.31. The number of morpholine rings is 2. The van der Waals surface area contributed by atoms with Crippen LogP contribution < -0.4 is 10.6 Å². The number of likely N-dealkylation sites (N-methyl/N-ethyl adjacent to an activating group) is 2. The van der Waals surface area contributed by atoms with Crippen LogP contribution in [0.25, 0.3) is 0 Å². The zero-order valence-corrected chi connectivity index (χ0v) is 78.1. The first-order valence-corrected chi connectivity index (χ1v) is 46.0. The van der Waals surface area contributed by atoms with Crippen LogP contribution in [0.4, 0.5) is 4.79 Å². The van der Waals surface area contributed by atoms with Crippen molar-refractivity contribution < 1.29 is 90.1 Å². The molecule has 9 rings (SSSR count). The number of aliphatic hydroxyl groups excluding tert-OH is 2. The SMILES string of the molecule is C.CC(C)OCC1C(O)CCN1C.CC(C)OCC1CCN(C)CC1.CC(C)OCC1CN(C(=O)OC(C)(C)C)CCO1.CC(C)OCC1CNCCO1.CC(C)OCC1NCCC1O.CC(C)OCCN1CCC1.CC(C)OCCN1CCS(=O)(=O)CC1.CC(C)OCCN1CC[N+](C)(O)CC1.CC1CCN(CCOC(C)C)C1. The van der Waals surface area contributed by atoms with E-state index < -0.39 is 15.4 Å². The van der Waals surface area contributed by atoms with Gasteiger partial charge in [0.2, 0.25) is 0 Å². The molecular formula is C86H183N10O18S+. The number of aliphatic hydroxyl groups is 2. The summed E-state index contributed by atoms with van der Waals surface area (Å²) < 4.78 is 87.9. The average Bonchev–Trinajstić information content (AvgIpc) is 1.71. The normalized spacial score (nSPS) is 24.4. The van der Waals surface area contributed by atoms with Crippen LogP contribution in [0.15, 0.2) is 0 Å². The minimum Gasteiger partial charge on any atom is -0.444 e. The molecule has 9 heterocycles. The van der Waals surface area contributed by atoms with Crippen LogP contribution in [0.3, 0.4) is 0 Å². The molecule has 690 valence electrons. The Morgan fingerprint density at radius 2 is 0.939 bits per heavy atom. The van der Waals surface area contributed by atoms with Gasteiger partial charge < -0.3 is 97.3 Å². The molecule has 5 N–H and O–H groups in total. The third kappa shape index (κ3) is 63.8. The number of carbonyl (C=O) groups excluding carboxylic acids is 1. The van der Waals surface area contributed by atoms with E-state index in [2.05, 4.69) is 109 Å². The maximum atomic E-state index is 11.9. The highest BCUT2D eigenvalue weighted by Crippen LogP contribution is 2.20. The van der Waals surface area contributed by atoms with Gasteiger partial charge in [0.05, 0.1) is 196 Å². The highest BCUT2D eigenvalue weighted by molar-refractivity contribution is 7.91. The quantitative estimate of drug-likeness (QED) is 0.0405. The average molecular weight is 1680 g/mol. The molecule has 7 unspecified atom stereocenters. The minimum atomic E-state index is -2.74. The lowest BCUT2D eigenvalue weighted by Crippen LogP contribution is -2.55. The standard InChI is InChI=1S/C13H25NO4.C10H23N2O2.2C10H21NO.C9H19NO3S.C9H19NO2.2C8H17NO2.C8H17NO.CH4/c1-10(2)17-9-11-8-14(6-7-16-11)12(15)18-13(3,4)5;1-10(2)14-9-6-11-4-7-12(3,13)8-5-11;1-9(2)12-8-10-4-6-11(3)7-5-10;1-9(2)12-7-6-11-5-4-10(3)8-11;1-9(2)13-6-3-10-4-7-14(11,12)8-5-10;1-7(2)12-6-8-9(11)4-5-10(8)3;1-7(2)11-6-8-5-9-3-4-10-8;1-6(2)11-5-7-8(10)3-4-9-7;1-8(2)10-7-6-9-4-3-5-9;/h10-11H,6-9H2,1-5H3;10,13H,4-9H2,1-3H3;2*9-10H,4-8H2,1-3H3;9H,3-8H2,1-2H3;7-9,11H,4-6H2,1-3H3;7-9H,3-6H2,1-2H3;6-10H,3-5H2,1-2H3;8H,3-7H2,1-2H3;1H4/q;+1;;;;;;;;. The summed E-state index contributed by atoms with van der Waals surface area (Å²) in [7, 11) is 3.35. The Hall–Kier alpha value is -1.70. The largest absolute Gasteiger partial charge is 0.444 e. The number of nitrogens with one attached hydrogen (secondary N) is 2. The number of quaternary nitrogens is 1. The number of piperazine rings is 1. The Bertz CT molecular complexity index is 2360. The van der Waals surface area contributed by atoms with Gasteiger partial charge in [0, 0.05) is 78.6 Å². The summed E-state index contributed by atoms with van der Waals surface area (Å²) in [4.78, 5) is 27.5. The summed E-state index contributed by atoms with van der Waals surface area (Å²) in [5, 5.41) is 35.0. The number of hydroxylamine groups is 3. The van der Waals surface area contributed by atoms with E-state index in [1.54, 1.807) is 4.90 Å². The number of rotatable bonds is 31. The Labute approximate surface area is 704 Å². The van der Waals surface area contributed by atoms with Crippen molar-refractivity contribution in [2.24, 2.45) is 11.8 Å². The molecule has 115 heavy (non-hydrogen) atoms. The van der Waals surface area contributed by atoms with Gasteiger partial charge in [0.1, 0.15) is 18.7 Å². The van der Waals surface area contributed by atoms with Gasteiger partial charge in [-0.3, -0.25) is 14.7 Å². The van der Waals surface area contributed by atoms with Gasteiger partial charge >= 0.3 is 6.09 Å². The fourth-order valence-electron chi connectivity index (χ4n) is 12.6. The Morgan fingerprint density at radius 3 is 1.35 bits per heavy atom. The molecule has 0 bridgehead atoms. The number of sulfone groups is 1. The number of amides is 1. The van der Waals surface area contributed by atoms with Crippen molar-refractivity contribution in [2.45, 2.75) is 295 Å². The second kappa shape index (κ2) is 65.0. The molecule has 1 amide bonds. The van der Waals surface area contributed by atoms with Crippen molar-refractivity contribution in [1.29, 1.82) is 0 Å². The number of piperidine rings is 1. The number of likely N-dealkylation sites (tertiary alicyclic amines) is 4. The molecule has 9 aliphatic rings. The Morgan fingerprint density at radius 1 is 0.496 bits per heavy atom. The van der Waals surface area contributed by atoms with Crippen LogP contribution in [0.2, 0.25) is 0 Å². The second-order valence-electron chi connectivity index (χ2n) is 35.8. The third-order valence-corrected chi connectivity index (χ3v) is 21.6. The molecule has 29 heteroatoms. The predicted octanol–water partition coefficient (Wildman–Crippen LogP) is 9.02. The molecule has 0 aromatic carbocycles. The van der Waals surface area contributed by atoms with Crippen LogP contribution in [0.5, 0.6) is 0 Å². The van der Waals surface area contributed by atoms with Gasteiger partial charge in [0.25, 0.3) is 0 Å². The first kappa shape index (κ1) is 113. The summed E-state index contributed by atoms with van der Waals surface area (Å²) in [6, 6.07) is 0.352. The summed E-state index contributed by atoms with van der Waals surface area (Å²) in [5.74, 6) is 2.30. The van der Waals surface area contributed by atoms with Crippen LogP contribution in [-0.4, -0.2) is 415 Å². The number of nitrogens with zero attached hydrogens (tertiary/aromatic N) is 8. The van der Waals surface area contributed by atoms with E-state index in [0.717, 1.165) is 136 Å². The zero-order valence-electron chi connectivity index (χ0n) is 77.3. The maximum absolute atomic E-state index is 11.9. The highest BCUT2D eigenvalue weighted by Gasteiger charge is 2.32. The second-order valence-corrected chi connectivity index (χ2v) is 38.1. The van der Waals surface area contributed by atoms with Crippen molar-refractivity contribution in [3.8, 4) is 0 Å². The maximum Gasteiger partial charge on any atom is 0.410 e. The van der Waals surface area contributed by atoms with Crippen LogP contribution in [-0.2, 0) is 66.7 Å². The number of hydrogen-bond acceptors (Lipinski definition) is 26. The fraction of sp³-hybridized carbons (Fsp3) is 0.988. The predicted molar refractivity (Wildman–Crippen MR) is 467 cm³/mol. The summed E-state index contributed by atoms with van der Waals surface area (Å²) in [5.41, 5.74) is -0.459. The number of hydrogen-bond donors (Lipinski definition) is 5. The van der Waals surface area contributed by atoms with Gasteiger partial charge in [-0.1, -0.05) is 14.4 Å². The smallest absolute Gasteiger partial charge is 0.410 e.